The Bertz CT molecular complexity index is 566. The molecule has 6 heteroatoms. The van der Waals surface area contributed by atoms with Crippen molar-refractivity contribution < 1.29 is 14.3 Å². The lowest BCUT2D eigenvalue weighted by atomic mass is 9.95. The van der Waals surface area contributed by atoms with Crippen molar-refractivity contribution >= 4 is 23.6 Å². The Labute approximate surface area is 148 Å². The van der Waals surface area contributed by atoms with Crippen molar-refractivity contribution in [2.45, 2.75) is 29.9 Å². The zero-order valence-corrected chi connectivity index (χ0v) is 15.6. The number of nitrogens with zero attached hydrogens (tertiary/aromatic N) is 2. The van der Waals surface area contributed by atoms with E-state index < -0.39 is 0 Å². The van der Waals surface area contributed by atoms with Crippen LogP contribution in [0.15, 0.2) is 29.2 Å². The van der Waals surface area contributed by atoms with Gasteiger partial charge < -0.3 is 14.5 Å². The van der Waals surface area contributed by atoms with E-state index in [1.54, 1.807) is 37.9 Å². The standard InChI is InChI=1S/C18H26N2O3S/c1-13(24-16-7-5-15(23-4)6-8-16)17(21)20-11-9-14(10-12-20)18(22)19(2)3/h5-8,13-14H,9-12H2,1-4H3/t13-/m1/s1. The number of rotatable bonds is 5. The summed E-state index contributed by atoms with van der Waals surface area (Å²) in [6.45, 7) is 3.27. The molecule has 2 rings (SSSR count). The number of likely N-dealkylation sites (tertiary alicyclic amines) is 1. The van der Waals surface area contributed by atoms with E-state index in [9.17, 15) is 9.59 Å². The maximum Gasteiger partial charge on any atom is 0.235 e. The van der Waals surface area contributed by atoms with Crippen LogP contribution in [0.4, 0.5) is 0 Å². The molecule has 132 valence electrons. The van der Waals surface area contributed by atoms with Gasteiger partial charge in [-0.3, -0.25) is 9.59 Å². The first-order valence-electron chi connectivity index (χ1n) is 8.23. The molecule has 0 bridgehead atoms. The number of carbonyl (C=O) groups excluding carboxylic acids is 2. The average molecular weight is 350 g/mol. The molecule has 1 saturated heterocycles. The van der Waals surface area contributed by atoms with E-state index in [-0.39, 0.29) is 23.0 Å². The van der Waals surface area contributed by atoms with E-state index in [0.29, 0.717) is 13.1 Å². The molecule has 1 heterocycles. The molecule has 0 spiro atoms. The van der Waals surface area contributed by atoms with Crippen LogP contribution in [0.25, 0.3) is 0 Å². The maximum absolute atomic E-state index is 12.6. The molecule has 1 aromatic carbocycles. The van der Waals surface area contributed by atoms with E-state index >= 15 is 0 Å². The first-order chi connectivity index (χ1) is 11.4. The van der Waals surface area contributed by atoms with Gasteiger partial charge in [0.2, 0.25) is 11.8 Å². The van der Waals surface area contributed by atoms with Crippen LogP contribution in [-0.4, -0.2) is 61.2 Å². The summed E-state index contributed by atoms with van der Waals surface area (Å²) >= 11 is 1.55. The topological polar surface area (TPSA) is 49.9 Å². The second-order valence-corrected chi connectivity index (χ2v) is 7.68. The Balaban J connectivity index is 1.86. The number of methoxy groups -OCH3 is 1. The van der Waals surface area contributed by atoms with Crippen LogP contribution in [0.3, 0.4) is 0 Å². The van der Waals surface area contributed by atoms with Crippen molar-refractivity contribution in [1.29, 1.82) is 0 Å². The molecule has 24 heavy (non-hydrogen) atoms. The predicted octanol–water partition coefficient (Wildman–Crippen LogP) is 2.50. The number of piperidine rings is 1. The normalized spacial score (nSPS) is 16.6. The van der Waals surface area contributed by atoms with Gasteiger partial charge in [-0.15, -0.1) is 11.8 Å². The fourth-order valence-electron chi connectivity index (χ4n) is 2.88. The van der Waals surface area contributed by atoms with Crippen LogP contribution >= 0.6 is 11.8 Å². The molecule has 1 aliphatic heterocycles. The molecular weight excluding hydrogens is 324 g/mol. The van der Waals surface area contributed by atoms with E-state index in [4.69, 9.17) is 4.74 Å². The maximum atomic E-state index is 12.6. The zero-order chi connectivity index (χ0) is 17.7. The lowest BCUT2D eigenvalue weighted by Gasteiger charge is -2.33. The number of carbonyl (C=O) groups is 2. The van der Waals surface area contributed by atoms with E-state index in [1.165, 1.54) is 0 Å². The van der Waals surface area contributed by atoms with Gasteiger partial charge in [-0.2, -0.15) is 0 Å². The fourth-order valence-corrected chi connectivity index (χ4v) is 3.83. The van der Waals surface area contributed by atoms with Crippen molar-refractivity contribution in [3.63, 3.8) is 0 Å². The van der Waals surface area contributed by atoms with Crippen LogP contribution in [0.1, 0.15) is 19.8 Å². The summed E-state index contributed by atoms with van der Waals surface area (Å²) < 4.78 is 5.15. The molecule has 2 amide bonds. The third-order valence-corrected chi connectivity index (χ3v) is 5.42. The number of benzene rings is 1. The summed E-state index contributed by atoms with van der Waals surface area (Å²) in [5.41, 5.74) is 0. The molecular formula is C18H26N2O3S. The minimum absolute atomic E-state index is 0.0496. The van der Waals surface area contributed by atoms with Crippen molar-refractivity contribution in [2.24, 2.45) is 5.92 Å². The molecule has 0 aromatic heterocycles. The molecule has 1 atom stereocenters. The molecule has 0 radical (unpaired) electrons. The smallest absolute Gasteiger partial charge is 0.235 e. The number of ether oxygens (including phenoxy) is 1. The highest BCUT2D eigenvalue weighted by Gasteiger charge is 2.30. The highest BCUT2D eigenvalue weighted by molar-refractivity contribution is 8.00. The second-order valence-electron chi connectivity index (χ2n) is 6.27. The predicted molar refractivity (Wildman–Crippen MR) is 96.3 cm³/mol. The van der Waals surface area contributed by atoms with Gasteiger partial charge in [0.25, 0.3) is 0 Å². The van der Waals surface area contributed by atoms with Crippen LogP contribution in [0.5, 0.6) is 5.75 Å². The van der Waals surface area contributed by atoms with Gasteiger partial charge in [0, 0.05) is 38.0 Å². The Hall–Kier alpha value is -1.69. The Morgan fingerprint density at radius 1 is 1.21 bits per heavy atom. The van der Waals surface area contributed by atoms with Crippen molar-refractivity contribution in [3.8, 4) is 5.75 Å². The summed E-state index contributed by atoms with van der Waals surface area (Å²) in [5.74, 6) is 1.17. The van der Waals surface area contributed by atoms with Gasteiger partial charge >= 0.3 is 0 Å². The minimum Gasteiger partial charge on any atom is -0.497 e. The van der Waals surface area contributed by atoms with E-state index in [2.05, 4.69) is 0 Å². The van der Waals surface area contributed by atoms with Gasteiger partial charge in [0.05, 0.1) is 12.4 Å². The highest BCUT2D eigenvalue weighted by atomic mass is 32.2. The minimum atomic E-state index is -0.139. The van der Waals surface area contributed by atoms with Crippen LogP contribution in [0, 0.1) is 5.92 Å². The first kappa shape index (κ1) is 18.6. The van der Waals surface area contributed by atoms with Gasteiger partial charge in [-0.1, -0.05) is 0 Å². The number of amides is 2. The SMILES string of the molecule is COc1ccc(S[C@H](C)C(=O)N2CCC(C(=O)N(C)C)CC2)cc1. The summed E-state index contributed by atoms with van der Waals surface area (Å²) in [5, 5.41) is -0.139. The number of hydrogen-bond acceptors (Lipinski definition) is 4. The molecule has 5 nitrogen and oxygen atoms in total. The van der Waals surface area contributed by atoms with Crippen molar-refractivity contribution in [2.75, 3.05) is 34.3 Å². The molecule has 0 saturated carbocycles. The van der Waals surface area contributed by atoms with E-state index in [0.717, 1.165) is 23.5 Å². The zero-order valence-electron chi connectivity index (χ0n) is 14.8. The summed E-state index contributed by atoms with van der Waals surface area (Å²) in [7, 11) is 5.21. The molecule has 1 fully saturated rings. The Kier molecular flexibility index (Phi) is 6.54. The average Bonchev–Trinajstić information content (AvgIpc) is 2.61. The lowest BCUT2D eigenvalue weighted by molar-refractivity contribution is -0.138. The third-order valence-electron chi connectivity index (χ3n) is 4.32. The molecule has 0 N–H and O–H groups in total. The van der Waals surface area contributed by atoms with Gasteiger partial charge in [-0.05, 0) is 44.0 Å². The number of thioether (sulfide) groups is 1. The monoisotopic (exact) mass is 350 g/mol. The summed E-state index contributed by atoms with van der Waals surface area (Å²) in [6.07, 6.45) is 1.51. The molecule has 0 unspecified atom stereocenters. The highest BCUT2D eigenvalue weighted by Crippen LogP contribution is 2.28. The largest absolute Gasteiger partial charge is 0.497 e. The lowest BCUT2D eigenvalue weighted by Crippen LogP contribution is -2.45. The second kappa shape index (κ2) is 8.42. The fraction of sp³-hybridized carbons (Fsp3) is 0.556. The first-order valence-corrected chi connectivity index (χ1v) is 9.11. The summed E-state index contributed by atoms with van der Waals surface area (Å²) in [4.78, 5) is 29.2. The molecule has 1 aliphatic rings. The Morgan fingerprint density at radius 2 is 1.79 bits per heavy atom. The number of hydrogen-bond donors (Lipinski definition) is 0. The van der Waals surface area contributed by atoms with Gasteiger partial charge in [0.1, 0.15) is 5.75 Å². The van der Waals surface area contributed by atoms with Crippen LogP contribution < -0.4 is 4.74 Å². The van der Waals surface area contributed by atoms with Crippen LogP contribution in [-0.2, 0) is 9.59 Å². The van der Waals surface area contributed by atoms with Gasteiger partial charge in [0.15, 0.2) is 0 Å². The molecule has 0 aliphatic carbocycles. The van der Waals surface area contributed by atoms with E-state index in [1.807, 2.05) is 36.1 Å². The quantitative estimate of drug-likeness (QED) is 0.766. The third kappa shape index (κ3) is 4.66. The van der Waals surface area contributed by atoms with Gasteiger partial charge in [-0.25, -0.2) is 0 Å². The molecule has 1 aromatic rings. The summed E-state index contributed by atoms with van der Waals surface area (Å²) in [6, 6.07) is 7.74. The Morgan fingerprint density at radius 3 is 2.29 bits per heavy atom. The van der Waals surface area contributed by atoms with Crippen molar-refractivity contribution in [3.05, 3.63) is 24.3 Å². The van der Waals surface area contributed by atoms with Crippen LogP contribution in [0.2, 0.25) is 0 Å². The van der Waals surface area contributed by atoms with Crippen molar-refractivity contribution in [1.82, 2.24) is 9.80 Å².